The molecular weight excluding hydrogens is 288 g/mol. The Bertz CT molecular complexity index is 507. The first-order valence-electron chi connectivity index (χ1n) is 7.31. The molecule has 0 spiro atoms. The van der Waals surface area contributed by atoms with E-state index in [0.29, 0.717) is 17.0 Å². The van der Waals surface area contributed by atoms with Crippen LogP contribution >= 0.6 is 11.3 Å². The van der Waals surface area contributed by atoms with Crippen molar-refractivity contribution in [3.63, 3.8) is 0 Å². The Kier molecular flexibility index (Phi) is 5.27. The van der Waals surface area contributed by atoms with E-state index in [9.17, 15) is 9.59 Å². The summed E-state index contributed by atoms with van der Waals surface area (Å²) in [7, 11) is 0. The Morgan fingerprint density at radius 2 is 1.90 bits per heavy atom. The van der Waals surface area contributed by atoms with Gasteiger partial charge in [0.2, 0.25) is 16.9 Å². The zero-order valence-corrected chi connectivity index (χ0v) is 13.6. The minimum atomic E-state index is -0.183. The molecule has 7 heteroatoms. The molecule has 2 rings (SSSR count). The van der Waals surface area contributed by atoms with Gasteiger partial charge in [0, 0.05) is 25.9 Å². The monoisotopic (exact) mass is 310 g/mol. The van der Waals surface area contributed by atoms with Crippen LogP contribution < -0.4 is 5.32 Å². The van der Waals surface area contributed by atoms with Crippen LogP contribution in [0.1, 0.15) is 38.1 Å². The summed E-state index contributed by atoms with van der Waals surface area (Å²) in [6, 6.07) is 0. The number of nitrogens with zero attached hydrogens (tertiary/aromatic N) is 3. The fourth-order valence-corrected chi connectivity index (χ4v) is 3.38. The van der Waals surface area contributed by atoms with Crippen molar-refractivity contribution in [2.45, 2.75) is 40.0 Å². The number of likely N-dealkylation sites (tertiary alicyclic amines) is 1. The molecule has 1 aromatic rings. The van der Waals surface area contributed by atoms with E-state index < -0.39 is 0 Å². The van der Waals surface area contributed by atoms with Crippen LogP contribution in [-0.4, -0.2) is 40.0 Å². The highest BCUT2D eigenvalue weighted by Crippen LogP contribution is 2.21. The maximum atomic E-state index is 12.2. The first kappa shape index (κ1) is 15.9. The third-order valence-corrected chi connectivity index (χ3v) is 4.31. The fourth-order valence-electron chi connectivity index (χ4n) is 2.77. The SMILES string of the molecule is Cc1nnc(NC(=O)CCC(=O)N2C[C@@H](C)C[C@H](C)C2)s1. The van der Waals surface area contributed by atoms with Gasteiger partial charge in [0.05, 0.1) is 0 Å². The minimum Gasteiger partial charge on any atom is -0.342 e. The van der Waals surface area contributed by atoms with E-state index in [1.807, 2.05) is 11.8 Å². The van der Waals surface area contributed by atoms with Crippen LogP contribution in [0.4, 0.5) is 5.13 Å². The topological polar surface area (TPSA) is 75.2 Å². The summed E-state index contributed by atoms with van der Waals surface area (Å²) in [4.78, 5) is 25.9. The number of nitrogens with one attached hydrogen (secondary N) is 1. The predicted molar refractivity (Wildman–Crippen MR) is 82.0 cm³/mol. The van der Waals surface area contributed by atoms with E-state index in [1.165, 1.54) is 17.8 Å². The van der Waals surface area contributed by atoms with Gasteiger partial charge >= 0.3 is 0 Å². The van der Waals surface area contributed by atoms with Gasteiger partial charge in [0.25, 0.3) is 0 Å². The predicted octanol–water partition coefficient (Wildman–Crippen LogP) is 2.07. The molecule has 21 heavy (non-hydrogen) atoms. The summed E-state index contributed by atoms with van der Waals surface area (Å²) < 4.78 is 0. The van der Waals surface area contributed by atoms with Crippen molar-refractivity contribution < 1.29 is 9.59 Å². The lowest BCUT2D eigenvalue weighted by atomic mass is 9.91. The number of amides is 2. The molecule has 0 saturated carbocycles. The van der Waals surface area contributed by atoms with Crippen molar-refractivity contribution in [3.05, 3.63) is 5.01 Å². The number of anilines is 1. The van der Waals surface area contributed by atoms with Gasteiger partial charge < -0.3 is 10.2 Å². The van der Waals surface area contributed by atoms with Gasteiger partial charge in [-0.2, -0.15) is 0 Å². The van der Waals surface area contributed by atoms with Crippen LogP contribution in [0.25, 0.3) is 0 Å². The Labute approximate surface area is 128 Å². The van der Waals surface area contributed by atoms with Gasteiger partial charge in [-0.1, -0.05) is 25.2 Å². The van der Waals surface area contributed by atoms with Crippen molar-refractivity contribution in [2.75, 3.05) is 18.4 Å². The molecule has 1 fully saturated rings. The summed E-state index contributed by atoms with van der Waals surface area (Å²) >= 11 is 1.33. The minimum absolute atomic E-state index is 0.0667. The highest BCUT2D eigenvalue weighted by Gasteiger charge is 2.25. The lowest BCUT2D eigenvalue weighted by molar-refractivity contribution is -0.135. The van der Waals surface area contributed by atoms with E-state index in [4.69, 9.17) is 0 Å². The number of piperidine rings is 1. The van der Waals surface area contributed by atoms with E-state index >= 15 is 0 Å². The van der Waals surface area contributed by atoms with Gasteiger partial charge in [0.15, 0.2) is 0 Å². The number of carbonyl (C=O) groups is 2. The molecule has 0 unspecified atom stereocenters. The molecular formula is C14H22N4O2S. The second kappa shape index (κ2) is 6.98. The number of carbonyl (C=O) groups excluding carboxylic acids is 2. The van der Waals surface area contributed by atoms with Gasteiger partial charge in [-0.05, 0) is 25.2 Å². The average molecular weight is 310 g/mol. The Morgan fingerprint density at radius 1 is 1.24 bits per heavy atom. The molecule has 6 nitrogen and oxygen atoms in total. The molecule has 1 saturated heterocycles. The quantitative estimate of drug-likeness (QED) is 0.924. The molecule has 0 bridgehead atoms. The van der Waals surface area contributed by atoms with Gasteiger partial charge in [-0.3, -0.25) is 9.59 Å². The summed E-state index contributed by atoms with van der Waals surface area (Å²) in [6.45, 7) is 7.77. The third kappa shape index (κ3) is 4.77. The van der Waals surface area contributed by atoms with E-state index in [1.54, 1.807) is 0 Å². The van der Waals surface area contributed by atoms with Crippen molar-refractivity contribution in [1.82, 2.24) is 15.1 Å². The number of rotatable bonds is 4. The molecule has 2 atom stereocenters. The third-order valence-electron chi connectivity index (χ3n) is 3.56. The smallest absolute Gasteiger partial charge is 0.226 e. The van der Waals surface area contributed by atoms with Crippen LogP contribution in [0.3, 0.4) is 0 Å². The number of aromatic nitrogens is 2. The number of hydrogen-bond acceptors (Lipinski definition) is 5. The lowest BCUT2D eigenvalue weighted by Gasteiger charge is -2.35. The number of hydrogen-bond donors (Lipinski definition) is 1. The summed E-state index contributed by atoms with van der Waals surface area (Å²) in [5.74, 6) is 0.960. The highest BCUT2D eigenvalue weighted by atomic mass is 32.1. The van der Waals surface area contributed by atoms with Crippen molar-refractivity contribution >= 4 is 28.3 Å². The molecule has 1 aromatic heterocycles. The standard InChI is InChI=1S/C14H22N4O2S/c1-9-6-10(2)8-18(7-9)13(20)5-4-12(19)15-14-17-16-11(3)21-14/h9-10H,4-8H2,1-3H3,(H,15,17,19)/t9-,10-/m0/s1. The van der Waals surface area contributed by atoms with Crippen LogP contribution in [0.2, 0.25) is 0 Å². The summed E-state index contributed by atoms with van der Waals surface area (Å²) in [5, 5.41) is 11.6. The maximum absolute atomic E-state index is 12.2. The molecule has 1 aliphatic rings. The Morgan fingerprint density at radius 3 is 2.48 bits per heavy atom. The van der Waals surface area contributed by atoms with Crippen LogP contribution in [0, 0.1) is 18.8 Å². The van der Waals surface area contributed by atoms with Gasteiger partial charge in [-0.15, -0.1) is 10.2 Å². The molecule has 2 amide bonds. The largest absolute Gasteiger partial charge is 0.342 e. The molecule has 0 aliphatic carbocycles. The van der Waals surface area contributed by atoms with Crippen molar-refractivity contribution in [3.8, 4) is 0 Å². The van der Waals surface area contributed by atoms with Crippen molar-refractivity contribution in [2.24, 2.45) is 11.8 Å². The Balaban J connectivity index is 1.76. The van der Waals surface area contributed by atoms with Gasteiger partial charge in [-0.25, -0.2) is 0 Å². The maximum Gasteiger partial charge on any atom is 0.226 e. The molecule has 0 aromatic carbocycles. The van der Waals surface area contributed by atoms with E-state index in [0.717, 1.165) is 18.1 Å². The molecule has 1 N–H and O–H groups in total. The average Bonchev–Trinajstić information content (AvgIpc) is 2.80. The van der Waals surface area contributed by atoms with Crippen molar-refractivity contribution in [1.29, 1.82) is 0 Å². The summed E-state index contributed by atoms with van der Waals surface area (Å²) in [5.41, 5.74) is 0. The molecule has 0 radical (unpaired) electrons. The van der Waals surface area contributed by atoms with Gasteiger partial charge in [0.1, 0.15) is 5.01 Å². The van der Waals surface area contributed by atoms with Crippen LogP contribution in [-0.2, 0) is 9.59 Å². The molecule has 1 aliphatic heterocycles. The second-order valence-electron chi connectivity index (χ2n) is 5.92. The molecule has 116 valence electrons. The van der Waals surface area contributed by atoms with E-state index in [-0.39, 0.29) is 24.7 Å². The first-order chi connectivity index (χ1) is 9.94. The fraction of sp³-hybridized carbons (Fsp3) is 0.714. The highest BCUT2D eigenvalue weighted by molar-refractivity contribution is 7.15. The second-order valence-corrected chi connectivity index (χ2v) is 7.10. The van der Waals surface area contributed by atoms with Crippen LogP contribution in [0.15, 0.2) is 0 Å². The lowest BCUT2D eigenvalue weighted by Crippen LogP contribution is -2.42. The van der Waals surface area contributed by atoms with Crippen LogP contribution in [0.5, 0.6) is 0 Å². The zero-order chi connectivity index (χ0) is 15.4. The number of aryl methyl sites for hydroxylation is 1. The first-order valence-corrected chi connectivity index (χ1v) is 8.13. The molecule has 2 heterocycles. The Hall–Kier alpha value is -1.50. The normalized spacial score (nSPS) is 22.1. The van der Waals surface area contributed by atoms with E-state index in [2.05, 4.69) is 29.4 Å². The zero-order valence-electron chi connectivity index (χ0n) is 12.8. The summed E-state index contributed by atoms with van der Waals surface area (Å²) in [6.07, 6.45) is 1.61.